The van der Waals surface area contributed by atoms with Gasteiger partial charge in [0.05, 0.1) is 28.8 Å². The summed E-state index contributed by atoms with van der Waals surface area (Å²) in [5.74, 6) is 0.430. The lowest BCUT2D eigenvalue weighted by Crippen LogP contribution is -2.27. The Labute approximate surface area is 195 Å². The summed E-state index contributed by atoms with van der Waals surface area (Å²) >= 11 is 12.4. The lowest BCUT2D eigenvalue weighted by Gasteiger charge is -2.16. The number of hydrogen-bond donors (Lipinski definition) is 0. The maximum absolute atomic E-state index is 13.5. The molecule has 0 saturated carbocycles. The second-order valence-corrected chi connectivity index (χ2v) is 8.56. The molecular formula is C23H21ClFNO3S2. The number of rotatable bonds is 8. The van der Waals surface area contributed by atoms with Crippen LogP contribution in [0, 0.1) is 5.82 Å². The summed E-state index contributed by atoms with van der Waals surface area (Å²) in [5.41, 5.74) is 2.11. The number of nitrogens with zero attached hydrogens (tertiary/aromatic N) is 1. The molecule has 1 heterocycles. The Balaban J connectivity index is 2.00. The van der Waals surface area contributed by atoms with Crippen LogP contribution >= 0.6 is 35.6 Å². The van der Waals surface area contributed by atoms with Gasteiger partial charge in [0.25, 0.3) is 5.91 Å². The van der Waals surface area contributed by atoms with Gasteiger partial charge in [-0.2, -0.15) is 0 Å². The number of carbonyl (C=O) groups is 1. The van der Waals surface area contributed by atoms with Gasteiger partial charge in [0, 0.05) is 5.56 Å². The van der Waals surface area contributed by atoms with Crippen molar-refractivity contribution in [1.82, 2.24) is 0 Å². The van der Waals surface area contributed by atoms with Crippen molar-refractivity contribution in [3.8, 4) is 11.5 Å². The van der Waals surface area contributed by atoms with Crippen LogP contribution in [0.2, 0.25) is 5.02 Å². The van der Waals surface area contributed by atoms with Crippen molar-refractivity contribution in [3.63, 3.8) is 0 Å². The van der Waals surface area contributed by atoms with Crippen LogP contribution in [-0.4, -0.2) is 23.4 Å². The minimum absolute atomic E-state index is 0.0718. The van der Waals surface area contributed by atoms with E-state index in [0.29, 0.717) is 46.0 Å². The smallest absolute Gasteiger partial charge is 0.270 e. The second kappa shape index (κ2) is 10.3. The molecule has 0 spiro atoms. The van der Waals surface area contributed by atoms with Crippen molar-refractivity contribution < 1.29 is 18.7 Å². The van der Waals surface area contributed by atoms with Crippen LogP contribution in [0.5, 0.6) is 11.5 Å². The highest BCUT2D eigenvalue weighted by molar-refractivity contribution is 8.27. The van der Waals surface area contributed by atoms with Gasteiger partial charge in [-0.25, -0.2) is 4.39 Å². The van der Waals surface area contributed by atoms with Crippen molar-refractivity contribution in [2.45, 2.75) is 20.3 Å². The molecule has 31 heavy (non-hydrogen) atoms. The Morgan fingerprint density at radius 2 is 1.97 bits per heavy atom. The molecule has 8 heteroatoms. The molecule has 0 unspecified atom stereocenters. The molecule has 0 aromatic heterocycles. The zero-order valence-corrected chi connectivity index (χ0v) is 19.5. The van der Waals surface area contributed by atoms with Crippen LogP contribution < -0.4 is 14.4 Å². The Kier molecular flexibility index (Phi) is 7.75. The first-order valence-corrected chi connectivity index (χ1v) is 11.3. The van der Waals surface area contributed by atoms with Crippen LogP contribution in [0.3, 0.4) is 0 Å². The van der Waals surface area contributed by atoms with Crippen molar-refractivity contribution in [2.75, 3.05) is 18.1 Å². The monoisotopic (exact) mass is 477 g/mol. The van der Waals surface area contributed by atoms with Gasteiger partial charge in [0.15, 0.2) is 15.8 Å². The zero-order valence-electron chi connectivity index (χ0n) is 17.1. The minimum atomic E-state index is -0.556. The van der Waals surface area contributed by atoms with E-state index in [1.165, 1.54) is 34.9 Å². The molecule has 1 amide bonds. The van der Waals surface area contributed by atoms with Crippen LogP contribution in [0.15, 0.2) is 47.9 Å². The van der Waals surface area contributed by atoms with Crippen molar-refractivity contribution in [2.24, 2.45) is 0 Å². The number of anilines is 1. The fourth-order valence-corrected chi connectivity index (χ4v) is 4.58. The van der Waals surface area contributed by atoms with Gasteiger partial charge >= 0.3 is 0 Å². The number of halogens is 2. The molecule has 4 nitrogen and oxygen atoms in total. The number of thiocarbonyl (C=S) groups is 1. The molecule has 1 saturated heterocycles. The van der Waals surface area contributed by atoms with E-state index < -0.39 is 5.82 Å². The summed E-state index contributed by atoms with van der Waals surface area (Å²) in [5, 5.41) is -0.0718. The molecular weight excluding hydrogens is 457 g/mol. The third-order valence-electron chi connectivity index (χ3n) is 4.36. The number of benzene rings is 2. The van der Waals surface area contributed by atoms with E-state index in [2.05, 4.69) is 6.58 Å². The van der Waals surface area contributed by atoms with E-state index in [4.69, 9.17) is 33.3 Å². The molecule has 1 fully saturated rings. The summed E-state index contributed by atoms with van der Waals surface area (Å²) in [4.78, 5) is 14.8. The van der Waals surface area contributed by atoms with Crippen LogP contribution in [0.1, 0.15) is 25.0 Å². The normalized spacial score (nSPS) is 15.0. The molecule has 0 atom stereocenters. The Morgan fingerprint density at radius 1 is 1.23 bits per heavy atom. The lowest BCUT2D eigenvalue weighted by atomic mass is 10.0. The maximum Gasteiger partial charge on any atom is 0.270 e. The first-order valence-electron chi connectivity index (χ1n) is 9.66. The van der Waals surface area contributed by atoms with Crippen molar-refractivity contribution in [3.05, 3.63) is 69.9 Å². The van der Waals surface area contributed by atoms with Crippen molar-refractivity contribution >= 4 is 57.6 Å². The number of carbonyl (C=O) groups excluding carboxylic acids is 1. The minimum Gasteiger partial charge on any atom is -0.490 e. The number of thioether (sulfide) groups is 1. The van der Waals surface area contributed by atoms with E-state index >= 15 is 0 Å². The largest absolute Gasteiger partial charge is 0.490 e. The highest BCUT2D eigenvalue weighted by Crippen LogP contribution is 2.39. The summed E-state index contributed by atoms with van der Waals surface area (Å²) in [6, 6.07) is 7.85. The van der Waals surface area contributed by atoms with Crippen molar-refractivity contribution in [1.29, 1.82) is 0 Å². The zero-order chi connectivity index (χ0) is 22.5. The first-order chi connectivity index (χ1) is 14.9. The Hall–Kier alpha value is -2.35. The molecule has 3 rings (SSSR count). The van der Waals surface area contributed by atoms with E-state index in [1.807, 2.05) is 26.0 Å². The molecule has 1 aliphatic heterocycles. The van der Waals surface area contributed by atoms with E-state index in [0.717, 1.165) is 11.1 Å². The van der Waals surface area contributed by atoms with Gasteiger partial charge in [0.1, 0.15) is 5.82 Å². The SMILES string of the molecule is C=CCc1cc(/C=C2/SC(=S)N(c3ccc(F)c(Cl)c3)C2=O)cc(OCC)c1OCC. The number of amides is 1. The summed E-state index contributed by atoms with van der Waals surface area (Å²) in [7, 11) is 0. The molecule has 2 aromatic carbocycles. The summed E-state index contributed by atoms with van der Waals surface area (Å²) in [6.07, 6.45) is 4.14. The van der Waals surface area contributed by atoms with Gasteiger partial charge < -0.3 is 9.47 Å². The Morgan fingerprint density at radius 3 is 2.61 bits per heavy atom. The average Bonchev–Trinajstić information content (AvgIpc) is 3.00. The summed E-state index contributed by atoms with van der Waals surface area (Å²) in [6.45, 7) is 8.60. The third kappa shape index (κ3) is 5.11. The van der Waals surface area contributed by atoms with E-state index in [9.17, 15) is 9.18 Å². The highest BCUT2D eigenvalue weighted by Gasteiger charge is 2.33. The van der Waals surface area contributed by atoms with Gasteiger partial charge in [-0.05, 0) is 62.2 Å². The predicted octanol–water partition coefficient (Wildman–Crippen LogP) is 6.41. The molecule has 0 N–H and O–H groups in total. The molecule has 0 bridgehead atoms. The lowest BCUT2D eigenvalue weighted by molar-refractivity contribution is -0.113. The fraction of sp³-hybridized carbons (Fsp3) is 0.217. The molecule has 2 aromatic rings. The van der Waals surface area contributed by atoms with Gasteiger partial charge in [-0.15, -0.1) is 6.58 Å². The highest BCUT2D eigenvalue weighted by atomic mass is 35.5. The molecule has 0 aliphatic carbocycles. The van der Waals surface area contributed by atoms with Crippen LogP contribution in [-0.2, 0) is 11.2 Å². The summed E-state index contributed by atoms with van der Waals surface area (Å²) < 4.78 is 25.4. The number of allylic oxidation sites excluding steroid dienone is 1. The molecule has 162 valence electrons. The predicted molar refractivity (Wildman–Crippen MR) is 130 cm³/mol. The van der Waals surface area contributed by atoms with E-state index in [1.54, 1.807) is 12.2 Å². The topological polar surface area (TPSA) is 38.8 Å². The maximum atomic E-state index is 13.5. The molecule has 0 radical (unpaired) electrons. The standard InChI is InChI=1S/C23H21ClFNO3S2/c1-4-7-15-10-14(11-19(28-5-2)21(15)29-6-3)12-20-22(27)26(23(30)31-20)16-8-9-18(25)17(24)13-16/h4,8-13H,1,5-7H2,2-3H3/b20-12+. The van der Waals surface area contributed by atoms with E-state index in [-0.39, 0.29) is 10.9 Å². The van der Waals surface area contributed by atoms with Crippen LogP contribution in [0.4, 0.5) is 10.1 Å². The molecule has 1 aliphatic rings. The third-order valence-corrected chi connectivity index (χ3v) is 5.95. The fourth-order valence-electron chi connectivity index (χ4n) is 3.11. The average molecular weight is 478 g/mol. The van der Waals surface area contributed by atoms with Gasteiger partial charge in [0.2, 0.25) is 0 Å². The first kappa shape index (κ1) is 23.3. The quantitative estimate of drug-likeness (QED) is 0.249. The number of ether oxygens (including phenoxy) is 2. The van der Waals surface area contributed by atoms with Crippen LogP contribution in [0.25, 0.3) is 6.08 Å². The number of hydrogen-bond acceptors (Lipinski definition) is 5. The second-order valence-electron chi connectivity index (χ2n) is 6.48. The van der Waals surface area contributed by atoms with Gasteiger partial charge in [-0.3, -0.25) is 9.69 Å². The Bertz CT molecular complexity index is 1070. The van der Waals surface area contributed by atoms with Gasteiger partial charge in [-0.1, -0.05) is 41.7 Å².